The maximum absolute atomic E-state index is 11.6. The Hall–Kier alpha value is -4.76. The maximum Gasteiger partial charge on any atom is 0.335 e. The van der Waals surface area contributed by atoms with E-state index in [9.17, 15) is 9.90 Å². The maximum atomic E-state index is 11.6. The molecule has 1 N–H and O–H groups in total. The second kappa shape index (κ2) is 12.6. The molecule has 1 unspecified atom stereocenters. The smallest absolute Gasteiger partial charge is 0.335 e. The molecule has 9 heteroatoms. The van der Waals surface area contributed by atoms with E-state index in [4.69, 9.17) is 19.4 Å². The molecule has 0 aliphatic heterocycles. The molecule has 5 rings (SSSR count). The number of pyridine rings is 2. The van der Waals surface area contributed by atoms with Crippen molar-refractivity contribution in [2.24, 2.45) is 0 Å². The van der Waals surface area contributed by atoms with E-state index in [-0.39, 0.29) is 11.6 Å². The van der Waals surface area contributed by atoms with Crippen molar-refractivity contribution < 1.29 is 19.4 Å². The molecule has 2 aromatic carbocycles. The summed E-state index contributed by atoms with van der Waals surface area (Å²) < 4.78 is 13.6. The van der Waals surface area contributed by atoms with Crippen LogP contribution in [0.3, 0.4) is 0 Å². The van der Waals surface area contributed by atoms with Gasteiger partial charge < -0.3 is 19.1 Å². The standard InChI is InChI=1S/C34H37N5O4/c1-21-15-35-28(23(3)32(21)42-5)17-38(18-29-24(4)33(43-6)22(2)16-36-29)19-31(25-10-8-7-9-11-25)39-20-37-27-14-26(34(40)41)12-13-30(27)39/h7-16,20,31H,17-19H2,1-6H3,(H,40,41). The molecule has 0 radical (unpaired) electrons. The largest absolute Gasteiger partial charge is 0.496 e. The predicted octanol–water partition coefficient (Wildman–Crippen LogP) is 6.07. The highest BCUT2D eigenvalue weighted by Crippen LogP contribution is 2.30. The topological polar surface area (TPSA) is 103 Å². The fourth-order valence-corrected chi connectivity index (χ4v) is 5.76. The van der Waals surface area contributed by atoms with E-state index in [1.165, 1.54) is 0 Å². The number of nitrogens with zero attached hydrogens (tertiary/aromatic N) is 5. The van der Waals surface area contributed by atoms with Gasteiger partial charge in [0, 0.05) is 54.3 Å². The van der Waals surface area contributed by atoms with Crippen molar-refractivity contribution >= 4 is 17.0 Å². The first kappa shape index (κ1) is 29.7. The minimum atomic E-state index is -0.977. The summed E-state index contributed by atoms with van der Waals surface area (Å²) >= 11 is 0. The second-order valence-corrected chi connectivity index (χ2v) is 10.8. The number of aromatic carboxylic acids is 1. The van der Waals surface area contributed by atoms with Gasteiger partial charge in [0.25, 0.3) is 0 Å². The first-order chi connectivity index (χ1) is 20.7. The third-order valence-electron chi connectivity index (χ3n) is 8.02. The highest BCUT2D eigenvalue weighted by Gasteiger charge is 2.24. The molecule has 3 aromatic heterocycles. The predicted molar refractivity (Wildman–Crippen MR) is 166 cm³/mol. The number of imidazole rings is 1. The van der Waals surface area contributed by atoms with Crippen LogP contribution in [0.1, 0.15) is 55.6 Å². The number of benzene rings is 2. The van der Waals surface area contributed by atoms with Crippen LogP contribution >= 0.6 is 0 Å². The van der Waals surface area contributed by atoms with Gasteiger partial charge in [0.1, 0.15) is 11.5 Å². The van der Waals surface area contributed by atoms with Gasteiger partial charge in [-0.3, -0.25) is 14.9 Å². The highest BCUT2D eigenvalue weighted by atomic mass is 16.5. The van der Waals surface area contributed by atoms with Gasteiger partial charge in [-0.1, -0.05) is 30.3 Å². The fourth-order valence-electron chi connectivity index (χ4n) is 5.76. The van der Waals surface area contributed by atoms with Crippen LogP contribution in [-0.2, 0) is 13.1 Å². The van der Waals surface area contributed by atoms with E-state index in [1.807, 2.05) is 64.4 Å². The molecule has 5 aromatic rings. The molecular formula is C34H37N5O4. The van der Waals surface area contributed by atoms with Gasteiger partial charge in [0.15, 0.2) is 0 Å². The Morgan fingerprint density at radius 1 is 0.860 bits per heavy atom. The molecule has 0 aliphatic rings. The third-order valence-corrected chi connectivity index (χ3v) is 8.02. The zero-order valence-electron chi connectivity index (χ0n) is 25.5. The zero-order chi connectivity index (χ0) is 30.7. The van der Waals surface area contributed by atoms with Crippen molar-refractivity contribution in [1.82, 2.24) is 24.4 Å². The van der Waals surface area contributed by atoms with Gasteiger partial charge in [-0.2, -0.15) is 0 Å². The van der Waals surface area contributed by atoms with Crippen LogP contribution < -0.4 is 9.47 Å². The molecule has 43 heavy (non-hydrogen) atoms. The lowest BCUT2D eigenvalue weighted by molar-refractivity contribution is 0.0697. The molecule has 0 spiro atoms. The van der Waals surface area contributed by atoms with Crippen molar-refractivity contribution in [3.05, 3.63) is 112 Å². The number of carbonyl (C=O) groups is 1. The van der Waals surface area contributed by atoms with E-state index < -0.39 is 5.97 Å². The van der Waals surface area contributed by atoms with E-state index >= 15 is 0 Å². The first-order valence-electron chi connectivity index (χ1n) is 14.2. The second-order valence-electron chi connectivity index (χ2n) is 10.8. The Labute approximate surface area is 251 Å². The molecule has 222 valence electrons. The van der Waals surface area contributed by atoms with Crippen LogP contribution in [0.5, 0.6) is 11.5 Å². The lowest BCUT2D eigenvalue weighted by Crippen LogP contribution is -2.32. The fraction of sp³-hybridized carbons (Fsp3) is 0.294. The number of hydrogen-bond donors (Lipinski definition) is 1. The van der Waals surface area contributed by atoms with Crippen LogP contribution in [0, 0.1) is 27.7 Å². The zero-order valence-corrected chi connectivity index (χ0v) is 25.5. The van der Waals surface area contributed by atoms with Gasteiger partial charge in [-0.25, -0.2) is 9.78 Å². The Balaban J connectivity index is 1.60. The van der Waals surface area contributed by atoms with Crippen LogP contribution in [0.15, 0.2) is 67.3 Å². The quantitative estimate of drug-likeness (QED) is 0.201. The SMILES string of the molecule is COc1c(C)cnc(CN(Cc2ncc(C)c(OC)c2C)CC(c2ccccc2)n2cnc3cc(C(=O)O)ccc32)c1C. The van der Waals surface area contributed by atoms with Crippen LogP contribution in [-0.4, -0.2) is 56.3 Å². The van der Waals surface area contributed by atoms with Crippen molar-refractivity contribution in [3.8, 4) is 11.5 Å². The van der Waals surface area contributed by atoms with Gasteiger partial charge in [-0.05, 0) is 51.5 Å². The van der Waals surface area contributed by atoms with E-state index in [0.717, 1.165) is 56.2 Å². The number of rotatable bonds is 11. The average molecular weight is 580 g/mol. The number of ether oxygens (including phenoxy) is 2. The lowest BCUT2D eigenvalue weighted by atomic mass is 10.0. The molecule has 0 fully saturated rings. The number of hydrogen-bond acceptors (Lipinski definition) is 7. The summed E-state index contributed by atoms with van der Waals surface area (Å²) in [6.07, 6.45) is 5.51. The van der Waals surface area contributed by atoms with E-state index in [1.54, 1.807) is 32.7 Å². The third kappa shape index (κ3) is 6.08. The van der Waals surface area contributed by atoms with E-state index in [0.29, 0.717) is 25.2 Å². The Morgan fingerprint density at radius 2 is 1.44 bits per heavy atom. The summed E-state index contributed by atoms with van der Waals surface area (Å²) in [6, 6.07) is 15.2. The van der Waals surface area contributed by atoms with Crippen molar-refractivity contribution in [2.45, 2.75) is 46.8 Å². The summed E-state index contributed by atoms with van der Waals surface area (Å²) in [5, 5.41) is 9.52. The average Bonchev–Trinajstić information content (AvgIpc) is 3.42. The molecule has 0 saturated heterocycles. The molecule has 9 nitrogen and oxygen atoms in total. The van der Waals surface area contributed by atoms with Crippen molar-refractivity contribution in [3.63, 3.8) is 0 Å². The molecule has 0 aliphatic carbocycles. The minimum Gasteiger partial charge on any atom is -0.496 e. The van der Waals surface area contributed by atoms with Gasteiger partial charge in [0.2, 0.25) is 0 Å². The van der Waals surface area contributed by atoms with Crippen LogP contribution in [0.4, 0.5) is 0 Å². The number of carboxylic acids is 1. The number of aromatic nitrogens is 4. The minimum absolute atomic E-state index is 0.137. The van der Waals surface area contributed by atoms with Gasteiger partial charge in [-0.15, -0.1) is 0 Å². The lowest BCUT2D eigenvalue weighted by Gasteiger charge is -2.30. The van der Waals surface area contributed by atoms with Crippen molar-refractivity contribution in [2.75, 3.05) is 20.8 Å². The summed E-state index contributed by atoms with van der Waals surface area (Å²) in [6.45, 7) is 9.80. The normalized spacial score (nSPS) is 12.1. The highest BCUT2D eigenvalue weighted by molar-refractivity contribution is 5.92. The monoisotopic (exact) mass is 579 g/mol. The number of methoxy groups -OCH3 is 2. The van der Waals surface area contributed by atoms with Crippen molar-refractivity contribution in [1.29, 1.82) is 0 Å². The van der Waals surface area contributed by atoms with Crippen LogP contribution in [0.2, 0.25) is 0 Å². The molecule has 1 atom stereocenters. The summed E-state index contributed by atoms with van der Waals surface area (Å²) in [5.41, 5.74) is 8.64. The first-order valence-corrected chi connectivity index (χ1v) is 14.2. The Kier molecular flexibility index (Phi) is 8.73. The molecule has 3 heterocycles. The summed E-state index contributed by atoms with van der Waals surface area (Å²) in [5.74, 6) is 0.700. The molecule has 0 amide bonds. The van der Waals surface area contributed by atoms with E-state index in [2.05, 4.69) is 26.6 Å². The number of aryl methyl sites for hydroxylation is 2. The number of carboxylic acid groups (broad SMARTS) is 1. The molecule has 0 saturated carbocycles. The Bertz CT molecular complexity index is 1700. The molecule has 0 bridgehead atoms. The number of fused-ring (bicyclic) bond motifs is 1. The van der Waals surface area contributed by atoms with Gasteiger partial charge >= 0.3 is 5.97 Å². The summed E-state index contributed by atoms with van der Waals surface area (Å²) in [4.78, 5) is 28.2. The molecular weight excluding hydrogens is 542 g/mol. The summed E-state index contributed by atoms with van der Waals surface area (Å²) in [7, 11) is 3.38. The van der Waals surface area contributed by atoms with Crippen LogP contribution in [0.25, 0.3) is 11.0 Å². The Morgan fingerprint density at radius 3 is 1.98 bits per heavy atom. The van der Waals surface area contributed by atoms with Gasteiger partial charge in [0.05, 0.1) is 54.6 Å².